The Morgan fingerprint density at radius 2 is 1.53 bits per heavy atom. The highest BCUT2D eigenvalue weighted by atomic mass is 35.5. The monoisotopic (exact) mass is 559 g/mol. The van der Waals surface area contributed by atoms with Crippen LogP contribution < -0.4 is 9.62 Å². The third-order valence-electron chi connectivity index (χ3n) is 5.77. The highest BCUT2D eigenvalue weighted by molar-refractivity contribution is 7.92. The molecule has 0 aliphatic rings. The first-order valence-electron chi connectivity index (χ1n) is 12.1. The van der Waals surface area contributed by atoms with Gasteiger partial charge in [0.05, 0.1) is 11.9 Å². The number of anilines is 1. The first-order valence-corrected chi connectivity index (χ1v) is 14.3. The van der Waals surface area contributed by atoms with Crippen LogP contribution in [-0.2, 0) is 32.6 Å². The Bertz CT molecular complexity index is 1350. The van der Waals surface area contributed by atoms with Crippen molar-refractivity contribution in [3.8, 4) is 0 Å². The number of benzene rings is 3. The highest BCUT2D eigenvalue weighted by Gasteiger charge is 2.33. The van der Waals surface area contributed by atoms with Crippen LogP contribution in [0.25, 0.3) is 0 Å². The molecule has 0 bridgehead atoms. The molecule has 0 aliphatic carbocycles. The molecule has 0 aromatic heterocycles. The van der Waals surface area contributed by atoms with Crippen LogP contribution in [0.3, 0.4) is 0 Å². The third kappa shape index (κ3) is 8.03. The fourth-order valence-corrected chi connectivity index (χ4v) is 4.95. The maximum Gasteiger partial charge on any atom is 0.244 e. The highest BCUT2D eigenvalue weighted by Crippen LogP contribution is 2.23. The molecule has 0 radical (unpaired) electrons. The Hall–Kier alpha value is -3.43. The van der Waals surface area contributed by atoms with Crippen molar-refractivity contribution >= 4 is 39.1 Å². The largest absolute Gasteiger partial charge is 0.352 e. The summed E-state index contributed by atoms with van der Waals surface area (Å²) in [6.45, 7) is 2.94. The fraction of sp³-hybridized carbons (Fsp3) is 0.286. The predicted octanol–water partition coefficient (Wildman–Crippen LogP) is 4.41. The smallest absolute Gasteiger partial charge is 0.244 e. The summed E-state index contributed by atoms with van der Waals surface area (Å²) in [4.78, 5) is 28.6. The predicted molar refractivity (Wildman–Crippen MR) is 148 cm³/mol. The van der Waals surface area contributed by atoms with E-state index in [1.807, 2.05) is 44.2 Å². The summed E-state index contributed by atoms with van der Waals surface area (Å²) in [5.41, 5.74) is 1.26. The van der Waals surface area contributed by atoms with Crippen LogP contribution in [0, 0.1) is 5.82 Å². The number of amides is 2. The number of rotatable bonds is 11. The molecule has 202 valence electrons. The van der Waals surface area contributed by atoms with Crippen molar-refractivity contribution < 1.29 is 22.4 Å². The molecule has 3 aromatic rings. The average molecular weight is 560 g/mol. The van der Waals surface area contributed by atoms with E-state index in [-0.39, 0.29) is 30.6 Å². The number of carbonyl (C=O) groups excluding carboxylic acids is 2. The lowest BCUT2D eigenvalue weighted by atomic mass is 10.0. The maximum absolute atomic E-state index is 14.6. The lowest BCUT2D eigenvalue weighted by Crippen LogP contribution is -2.54. The summed E-state index contributed by atoms with van der Waals surface area (Å²) >= 11 is 6.04. The molecule has 0 aliphatic heterocycles. The Morgan fingerprint density at radius 3 is 2.11 bits per heavy atom. The van der Waals surface area contributed by atoms with Crippen molar-refractivity contribution in [2.75, 3.05) is 17.1 Å². The summed E-state index contributed by atoms with van der Waals surface area (Å²) in [6, 6.07) is 20.2. The van der Waals surface area contributed by atoms with Gasteiger partial charge in [-0.1, -0.05) is 66.2 Å². The molecule has 10 heteroatoms. The van der Waals surface area contributed by atoms with Crippen molar-refractivity contribution in [1.29, 1.82) is 0 Å². The van der Waals surface area contributed by atoms with Crippen molar-refractivity contribution in [2.45, 2.75) is 38.9 Å². The lowest BCUT2D eigenvalue weighted by Gasteiger charge is -2.34. The number of nitrogens with zero attached hydrogens (tertiary/aromatic N) is 2. The van der Waals surface area contributed by atoms with E-state index >= 15 is 0 Å². The standard InChI is InChI=1S/C28H31ClFN3O4S/c1-20(2)31-28(35)26(17-21-9-5-4-6-10-21)32(18-22-13-15-23(29)16-14-22)27(34)19-33(38(3,36)37)25-12-8-7-11-24(25)30/h4-16,20,26H,17-19H2,1-3H3,(H,31,35)/t26-/m0/s1. The van der Waals surface area contributed by atoms with Gasteiger partial charge in [-0.2, -0.15) is 0 Å². The van der Waals surface area contributed by atoms with E-state index in [9.17, 15) is 22.4 Å². The number of nitrogens with one attached hydrogen (secondary N) is 1. The molecular formula is C28H31ClFN3O4S. The van der Waals surface area contributed by atoms with Gasteiger partial charge in [0.1, 0.15) is 18.4 Å². The Balaban J connectivity index is 2.06. The van der Waals surface area contributed by atoms with E-state index in [4.69, 9.17) is 11.6 Å². The normalized spacial score (nSPS) is 12.2. The zero-order valence-electron chi connectivity index (χ0n) is 21.5. The van der Waals surface area contributed by atoms with Crippen LogP contribution in [0.15, 0.2) is 78.9 Å². The Labute approximate surface area is 228 Å². The summed E-state index contributed by atoms with van der Waals surface area (Å²) < 4.78 is 40.7. The number of halogens is 2. The van der Waals surface area contributed by atoms with Gasteiger partial charge in [-0.3, -0.25) is 13.9 Å². The molecule has 1 N–H and O–H groups in total. The van der Waals surface area contributed by atoms with Gasteiger partial charge in [-0.15, -0.1) is 0 Å². The number of sulfonamides is 1. The van der Waals surface area contributed by atoms with Gasteiger partial charge in [-0.05, 0) is 49.2 Å². The second-order valence-corrected chi connectivity index (χ2v) is 11.6. The zero-order valence-corrected chi connectivity index (χ0v) is 23.0. The number of para-hydroxylation sites is 1. The van der Waals surface area contributed by atoms with Crippen molar-refractivity contribution in [3.05, 3.63) is 101 Å². The molecule has 1 atom stereocenters. The molecular weight excluding hydrogens is 529 g/mol. The van der Waals surface area contributed by atoms with Gasteiger partial charge in [-0.25, -0.2) is 12.8 Å². The minimum atomic E-state index is -4.04. The van der Waals surface area contributed by atoms with E-state index < -0.39 is 34.3 Å². The van der Waals surface area contributed by atoms with Crippen LogP contribution in [-0.4, -0.2) is 50.0 Å². The van der Waals surface area contributed by atoms with Crippen LogP contribution in [0.1, 0.15) is 25.0 Å². The molecule has 0 fully saturated rings. The van der Waals surface area contributed by atoms with E-state index in [0.29, 0.717) is 10.6 Å². The molecule has 2 amide bonds. The molecule has 0 saturated heterocycles. The van der Waals surface area contributed by atoms with E-state index in [1.54, 1.807) is 24.3 Å². The van der Waals surface area contributed by atoms with E-state index in [2.05, 4.69) is 5.32 Å². The van der Waals surface area contributed by atoms with Crippen LogP contribution in [0.4, 0.5) is 10.1 Å². The van der Waals surface area contributed by atoms with Gasteiger partial charge in [0.25, 0.3) is 0 Å². The first-order chi connectivity index (χ1) is 18.0. The lowest BCUT2D eigenvalue weighted by molar-refractivity contribution is -0.140. The molecule has 3 rings (SSSR count). The maximum atomic E-state index is 14.6. The van der Waals surface area contributed by atoms with Crippen LogP contribution >= 0.6 is 11.6 Å². The molecule has 7 nitrogen and oxygen atoms in total. The Morgan fingerprint density at radius 1 is 0.921 bits per heavy atom. The van der Waals surface area contributed by atoms with Crippen molar-refractivity contribution in [1.82, 2.24) is 10.2 Å². The second-order valence-electron chi connectivity index (χ2n) is 9.24. The third-order valence-corrected chi connectivity index (χ3v) is 7.15. The van der Waals surface area contributed by atoms with Gasteiger partial charge in [0.2, 0.25) is 21.8 Å². The molecule has 38 heavy (non-hydrogen) atoms. The van der Waals surface area contributed by atoms with Crippen molar-refractivity contribution in [3.63, 3.8) is 0 Å². The number of carbonyl (C=O) groups is 2. The van der Waals surface area contributed by atoms with Gasteiger partial charge in [0.15, 0.2) is 0 Å². The summed E-state index contributed by atoms with van der Waals surface area (Å²) in [5.74, 6) is -1.83. The van der Waals surface area contributed by atoms with Crippen LogP contribution in [0.2, 0.25) is 5.02 Å². The van der Waals surface area contributed by atoms with Gasteiger partial charge < -0.3 is 10.2 Å². The van der Waals surface area contributed by atoms with E-state index in [0.717, 1.165) is 22.2 Å². The summed E-state index contributed by atoms with van der Waals surface area (Å²) in [5, 5.41) is 3.38. The zero-order chi connectivity index (χ0) is 27.9. The first kappa shape index (κ1) is 29.1. The summed E-state index contributed by atoms with van der Waals surface area (Å²) in [6.07, 6.45) is 1.10. The minimum absolute atomic E-state index is 0.00783. The molecule has 3 aromatic carbocycles. The van der Waals surface area contributed by atoms with Crippen LogP contribution in [0.5, 0.6) is 0 Å². The molecule has 0 saturated carbocycles. The second kappa shape index (κ2) is 12.9. The Kier molecular flexibility index (Phi) is 9.88. The summed E-state index contributed by atoms with van der Waals surface area (Å²) in [7, 11) is -4.04. The molecule has 0 unspecified atom stereocenters. The van der Waals surface area contributed by atoms with Gasteiger partial charge >= 0.3 is 0 Å². The fourth-order valence-electron chi connectivity index (χ4n) is 3.97. The van der Waals surface area contributed by atoms with Gasteiger partial charge in [0, 0.05) is 24.0 Å². The molecule has 0 spiro atoms. The number of hydrogen-bond donors (Lipinski definition) is 1. The number of hydrogen-bond acceptors (Lipinski definition) is 4. The SMILES string of the molecule is CC(C)NC(=O)[C@H](Cc1ccccc1)N(Cc1ccc(Cl)cc1)C(=O)CN(c1ccccc1F)S(C)(=O)=O. The van der Waals surface area contributed by atoms with Crippen molar-refractivity contribution in [2.24, 2.45) is 0 Å². The minimum Gasteiger partial charge on any atom is -0.352 e. The van der Waals surface area contributed by atoms with E-state index in [1.165, 1.54) is 23.1 Å². The average Bonchev–Trinajstić information content (AvgIpc) is 2.85. The quantitative estimate of drug-likeness (QED) is 0.377. The topological polar surface area (TPSA) is 86.8 Å². The molecule has 0 heterocycles.